The molecular formula is C17H22ClN5O3. The summed E-state index contributed by atoms with van der Waals surface area (Å²) in [6.45, 7) is 7.91. The van der Waals surface area contributed by atoms with E-state index in [-0.39, 0.29) is 12.1 Å². The standard InChI is InChI=1S/C17H22ClN5O3/c1-17(2,3)26-16(24)23-7-5-22(6-8-23)14-11-10-19-13(18)9-12(11)20-15(21-14)25-4/h9-10H,5-8H2,1-4H3. The molecule has 26 heavy (non-hydrogen) atoms. The maximum atomic E-state index is 12.2. The number of halogens is 1. The molecule has 0 unspecified atom stereocenters. The number of hydrogen-bond acceptors (Lipinski definition) is 7. The summed E-state index contributed by atoms with van der Waals surface area (Å²) >= 11 is 5.98. The summed E-state index contributed by atoms with van der Waals surface area (Å²) in [6.07, 6.45) is 1.36. The van der Waals surface area contributed by atoms with E-state index in [0.717, 1.165) is 11.2 Å². The van der Waals surface area contributed by atoms with Crippen LogP contribution in [0.1, 0.15) is 20.8 Å². The number of anilines is 1. The summed E-state index contributed by atoms with van der Waals surface area (Å²) in [5.41, 5.74) is 0.163. The molecule has 0 spiro atoms. The van der Waals surface area contributed by atoms with Crippen molar-refractivity contribution in [3.63, 3.8) is 0 Å². The van der Waals surface area contributed by atoms with Gasteiger partial charge in [0.2, 0.25) is 0 Å². The highest BCUT2D eigenvalue weighted by molar-refractivity contribution is 6.30. The van der Waals surface area contributed by atoms with Gasteiger partial charge >= 0.3 is 12.1 Å². The molecule has 1 saturated heterocycles. The highest BCUT2D eigenvalue weighted by Crippen LogP contribution is 2.28. The smallest absolute Gasteiger partial charge is 0.410 e. The molecule has 1 aliphatic rings. The molecule has 3 rings (SSSR count). The zero-order valence-corrected chi connectivity index (χ0v) is 16.1. The van der Waals surface area contributed by atoms with E-state index in [9.17, 15) is 4.79 Å². The van der Waals surface area contributed by atoms with Crippen LogP contribution in [0.25, 0.3) is 10.9 Å². The van der Waals surface area contributed by atoms with Crippen molar-refractivity contribution in [2.24, 2.45) is 0 Å². The number of piperazine rings is 1. The van der Waals surface area contributed by atoms with Gasteiger partial charge in [-0.3, -0.25) is 0 Å². The molecule has 1 amide bonds. The van der Waals surface area contributed by atoms with Crippen LogP contribution in [0.2, 0.25) is 5.15 Å². The van der Waals surface area contributed by atoms with E-state index in [2.05, 4.69) is 19.9 Å². The molecule has 8 nitrogen and oxygen atoms in total. The van der Waals surface area contributed by atoms with Crippen LogP contribution in [-0.4, -0.2) is 64.8 Å². The average Bonchev–Trinajstić information content (AvgIpc) is 2.59. The van der Waals surface area contributed by atoms with Crippen LogP contribution in [0, 0.1) is 0 Å². The first-order valence-electron chi connectivity index (χ1n) is 8.37. The Morgan fingerprint density at radius 1 is 1.19 bits per heavy atom. The lowest BCUT2D eigenvalue weighted by molar-refractivity contribution is 0.0240. The van der Waals surface area contributed by atoms with Crippen molar-refractivity contribution in [1.82, 2.24) is 19.9 Å². The molecular weight excluding hydrogens is 358 g/mol. The van der Waals surface area contributed by atoms with E-state index in [0.29, 0.717) is 36.8 Å². The van der Waals surface area contributed by atoms with E-state index >= 15 is 0 Å². The topological polar surface area (TPSA) is 80.7 Å². The summed E-state index contributed by atoms with van der Waals surface area (Å²) in [7, 11) is 1.52. The molecule has 0 N–H and O–H groups in total. The van der Waals surface area contributed by atoms with Crippen molar-refractivity contribution in [2.45, 2.75) is 26.4 Å². The SMILES string of the molecule is COc1nc(N2CCN(C(=O)OC(C)(C)C)CC2)c2cnc(Cl)cc2n1. The van der Waals surface area contributed by atoms with Crippen LogP contribution in [0.15, 0.2) is 12.3 Å². The van der Waals surface area contributed by atoms with Gasteiger partial charge in [0.15, 0.2) is 0 Å². The lowest BCUT2D eigenvalue weighted by Crippen LogP contribution is -2.50. The van der Waals surface area contributed by atoms with Gasteiger partial charge in [-0.1, -0.05) is 11.6 Å². The van der Waals surface area contributed by atoms with E-state index in [1.54, 1.807) is 17.2 Å². The fourth-order valence-corrected chi connectivity index (χ4v) is 2.88. The number of carbonyl (C=O) groups is 1. The molecule has 0 radical (unpaired) electrons. The number of rotatable bonds is 2. The van der Waals surface area contributed by atoms with Gasteiger partial charge < -0.3 is 19.3 Å². The molecule has 0 aliphatic carbocycles. The van der Waals surface area contributed by atoms with Crippen LogP contribution in [0.5, 0.6) is 6.01 Å². The van der Waals surface area contributed by atoms with Crippen molar-refractivity contribution in [3.05, 3.63) is 17.4 Å². The van der Waals surface area contributed by atoms with Crippen molar-refractivity contribution in [1.29, 1.82) is 0 Å². The normalized spacial score (nSPS) is 15.3. The summed E-state index contributed by atoms with van der Waals surface area (Å²) < 4.78 is 10.6. The summed E-state index contributed by atoms with van der Waals surface area (Å²) in [6, 6.07) is 1.95. The molecule has 2 aromatic heterocycles. The predicted molar refractivity (Wildman–Crippen MR) is 98.9 cm³/mol. The zero-order chi connectivity index (χ0) is 18.9. The highest BCUT2D eigenvalue weighted by Gasteiger charge is 2.27. The first-order valence-corrected chi connectivity index (χ1v) is 8.75. The molecule has 1 fully saturated rings. The Balaban J connectivity index is 1.80. The second kappa shape index (κ2) is 7.11. The Kier molecular flexibility index (Phi) is 5.04. The minimum atomic E-state index is -0.505. The number of hydrogen-bond donors (Lipinski definition) is 0. The van der Waals surface area contributed by atoms with E-state index < -0.39 is 5.60 Å². The monoisotopic (exact) mass is 379 g/mol. The van der Waals surface area contributed by atoms with Crippen LogP contribution < -0.4 is 9.64 Å². The molecule has 3 heterocycles. The minimum absolute atomic E-state index is 0.268. The predicted octanol–water partition coefficient (Wildman–Crippen LogP) is 2.74. The molecule has 1 aliphatic heterocycles. The fourth-order valence-electron chi connectivity index (χ4n) is 2.72. The second-order valence-corrected chi connectivity index (χ2v) is 7.40. The van der Waals surface area contributed by atoms with Crippen molar-refractivity contribution < 1.29 is 14.3 Å². The Hall–Kier alpha value is -2.35. The summed E-state index contributed by atoms with van der Waals surface area (Å²) in [4.78, 5) is 29.0. The largest absolute Gasteiger partial charge is 0.467 e. The Morgan fingerprint density at radius 3 is 2.50 bits per heavy atom. The molecule has 0 atom stereocenters. The Bertz CT molecular complexity index is 816. The zero-order valence-electron chi connectivity index (χ0n) is 15.3. The average molecular weight is 380 g/mol. The van der Waals surface area contributed by atoms with Crippen molar-refractivity contribution in [2.75, 3.05) is 38.2 Å². The van der Waals surface area contributed by atoms with Crippen LogP contribution >= 0.6 is 11.6 Å². The van der Waals surface area contributed by atoms with Crippen molar-refractivity contribution in [3.8, 4) is 6.01 Å². The molecule has 0 bridgehead atoms. The van der Waals surface area contributed by atoms with Gasteiger partial charge in [0.25, 0.3) is 0 Å². The Morgan fingerprint density at radius 2 is 1.88 bits per heavy atom. The van der Waals surface area contributed by atoms with Gasteiger partial charge in [-0.15, -0.1) is 0 Å². The number of aromatic nitrogens is 3. The van der Waals surface area contributed by atoms with Gasteiger partial charge in [-0.2, -0.15) is 9.97 Å². The van der Waals surface area contributed by atoms with Gasteiger partial charge in [-0.05, 0) is 20.8 Å². The second-order valence-electron chi connectivity index (χ2n) is 7.01. The van der Waals surface area contributed by atoms with Gasteiger partial charge in [-0.25, -0.2) is 9.78 Å². The van der Waals surface area contributed by atoms with Crippen molar-refractivity contribution >= 4 is 34.4 Å². The minimum Gasteiger partial charge on any atom is -0.467 e. The third kappa shape index (κ3) is 4.07. The van der Waals surface area contributed by atoms with Gasteiger partial charge in [0.1, 0.15) is 16.6 Å². The van der Waals surface area contributed by atoms with Gasteiger partial charge in [0, 0.05) is 38.4 Å². The number of fused-ring (bicyclic) bond motifs is 1. The maximum absolute atomic E-state index is 12.2. The number of ether oxygens (including phenoxy) is 2. The molecule has 0 aromatic carbocycles. The molecule has 2 aromatic rings. The van der Waals surface area contributed by atoms with E-state index in [1.807, 2.05) is 20.8 Å². The molecule has 140 valence electrons. The first-order chi connectivity index (χ1) is 12.3. The molecule has 9 heteroatoms. The quantitative estimate of drug-likeness (QED) is 0.742. The first kappa shape index (κ1) is 18.4. The maximum Gasteiger partial charge on any atom is 0.410 e. The number of nitrogens with zero attached hydrogens (tertiary/aromatic N) is 5. The van der Waals surface area contributed by atoms with E-state index in [1.165, 1.54) is 7.11 Å². The third-order valence-corrected chi connectivity index (χ3v) is 4.13. The number of methoxy groups -OCH3 is 1. The van der Waals surface area contributed by atoms with Crippen LogP contribution in [0.4, 0.5) is 10.6 Å². The Labute approximate surface area is 157 Å². The van der Waals surface area contributed by atoms with E-state index in [4.69, 9.17) is 21.1 Å². The molecule has 0 saturated carbocycles. The van der Waals surface area contributed by atoms with Crippen LogP contribution in [0.3, 0.4) is 0 Å². The highest BCUT2D eigenvalue weighted by atomic mass is 35.5. The lowest BCUT2D eigenvalue weighted by Gasteiger charge is -2.36. The summed E-state index contributed by atoms with van der Waals surface area (Å²) in [5.74, 6) is 0.722. The van der Waals surface area contributed by atoms with Gasteiger partial charge in [0.05, 0.1) is 18.0 Å². The third-order valence-electron chi connectivity index (χ3n) is 3.92. The van der Waals surface area contributed by atoms with Crippen LogP contribution in [-0.2, 0) is 4.74 Å². The number of carbonyl (C=O) groups excluding carboxylic acids is 1. The number of pyridine rings is 1. The number of amides is 1. The lowest BCUT2D eigenvalue weighted by atomic mass is 10.2. The fraction of sp³-hybridized carbons (Fsp3) is 0.529. The summed E-state index contributed by atoms with van der Waals surface area (Å²) in [5, 5.41) is 1.15.